The average Bonchev–Trinajstić information content (AvgIpc) is 2.14. The van der Waals surface area contributed by atoms with Crippen LogP contribution in [0.25, 0.3) is 10.4 Å². The standard InChI is InChI=1S/C6H9Cl3N4O2/c7-6(8,9)5(10)15-4-3-14-2-1-12-13-11/h10H,1-4H2. The molecule has 15 heavy (non-hydrogen) atoms. The number of nitrogens with one attached hydrogen (secondary N) is 1. The summed E-state index contributed by atoms with van der Waals surface area (Å²) in [5.41, 5.74) is 7.94. The molecule has 0 radical (unpaired) electrons. The monoisotopic (exact) mass is 274 g/mol. The Balaban J connectivity index is 3.39. The Labute approximate surface area is 102 Å². The summed E-state index contributed by atoms with van der Waals surface area (Å²) in [6.45, 7) is 0.861. The van der Waals surface area contributed by atoms with Gasteiger partial charge in [0.25, 0.3) is 3.79 Å². The maximum Gasteiger partial charge on any atom is 0.265 e. The van der Waals surface area contributed by atoms with Crippen molar-refractivity contribution in [2.24, 2.45) is 5.11 Å². The third kappa shape index (κ3) is 8.59. The predicted molar refractivity (Wildman–Crippen MR) is 58.8 cm³/mol. The van der Waals surface area contributed by atoms with E-state index < -0.39 is 9.69 Å². The molecule has 0 unspecified atom stereocenters. The lowest BCUT2D eigenvalue weighted by Crippen LogP contribution is -2.23. The fourth-order valence-electron chi connectivity index (χ4n) is 0.537. The second kappa shape index (κ2) is 7.84. The van der Waals surface area contributed by atoms with Gasteiger partial charge in [0.05, 0.1) is 13.2 Å². The molecule has 6 nitrogen and oxygen atoms in total. The smallest absolute Gasteiger partial charge is 0.265 e. The summed E-state index contributed by atoms with van der Waals surface area (Å²) >= 11 is 16.1. The fourth-order valence-corrected chi connectivity index (χ4v) is 0.700. The summed E-state index contributed by atoms with van der Waals surface area (Å²) in [6.07, 6.45) is 0. The molecule has 0 aliphatic heterocycles. The molecule has 0 aromatic rings. The number of nitrogens with zero attached hydrogens (tertiary/aromatic N) is 3. The second-order valence-corrected chi connectivity index (χ2v) is 4.52. The van der Waals surface area contributed by atoms with E-state index in [1.807, 2.05) is 0 Å². The van der Waals surface area contributed by atoms with Crippen LogP contribution in [-0.2, 0) is 9.47 Å². The van der Waals surface area contributed by atoms with Gasteiger partial charge in [0.15, 0.2) is 0 Å². The van der Waals surface area contributed by atoms with E-state index in [0.29, 0.717) is 0 Å². The first-order valence-corrected chi connectivity index (χ1v) is 4.99. The van der Waals surface area contributed by atoms with E-state index in [1.54, 1.807) is 0 Å². The first-order chi connectivity index (χ1) is 6.98. The van der Waals surface area contributed by atoms with Crippen LogP contribution >= 0.6 is 34.8 Å². The van der Waals surface area contributed by atoms with Crippen molar-refractivity contribution in [2.75, 3.05) is 26.4 Å². The molecule has 0 bridgehead atoms. The molecule has 0 atom stereocenters. The largest absolute Gasteiger partial charge is 0.476 e. The molecule has 0 aromatic carbocycles. The summed E-state index contributed by atoms with van der Waals surface area (Å²) in [5.74, 6) is -0.453. The van der Waals surface area contributed by atoms with Crippen molar-refractivity contribution < 1.29 is 9.47 Å². The Bertz CT molecular complexity index is 249. The first-order valence-electron chi connectivity index (χ1n) is 3.85. The van der Waals surface area contributed by atoms with E-state index in [1.165, 1.54) is 0 Å². The Morgan fingerprint density at radius 1 is 1.33 bits per heavy atom. The molecule has 0 saturated carbocycles. The van der Waals surface area contributed by atoms with Crippen LogP contribution in [0.2, 0.25) is 0 Å². The van der Waals surface area contributed by atoms with E-state index in [2.05, 4.69) is 10.0 Å². The van der Waals surface area contributed by atoms with Crippen LogP contribution in [0, 0.1) is 5.41 Å². The molecule has 0 fully saturated rings. The number of alkyl halides is 3. The van der Waals surface area contributed by atoms with Gasteiger partial charge in [0.1, 0.15) is 6.61 Å². The number of rotatable bonds is 6. The van der Waals surface area contributed by atoms with Crippen LogP contribution in [0.4, 0.5) is 0 Å². The minimum Gasteiger partial charge on any atom is -0.476 e. The summed E-state index contributed by atoms with van der Waals surface area (Å²) in [5, 5.41) is 10.4. The van der Waals surface area contributed by atoms with E-state index in [9.17, 15) is 0 Å². The Hall–Kier alpha value is -0.390. The minimum absolute atomic E-state index is 0.100. The summed E-state index contributed by atoms with van der Waals surface area (Å²) < 4.78 is 7.91. The van der Waals surface area contributed by atoms with Gasteiger partial charge in [0.2, 0.25) is 5.90 Å². The third-order valence-electron chi connectivity index (χ3n) is 1.13. The highest BCUT2D eigenvalue weighted by atomic mass is 35.6. The summed E-state index contributed by atoms with van der Waals surface area (Å²) in [4.78, 5) is 2.54. The average molecular weight is 276 g/mol. The molecule has 0 spiro atoms. The molecule has 0 aromatic heterocycles. The van der Waals surface area contributed by atoms with E-state index in [4.69, 9.17) is 55.2 Å². The highest BCUT2D eigenvalue weighted by molar-refractivity contribution is 6.76. The molecular weight excluding hydrogens is 266 g/mol. The highest BCUT2D eigenvalue weighted by Crippen LogP contribution is 2.27. The van der Waals surface area contributed by atoms with Crippen molar-refractivity contribution in [3.05, 3.63) is 10.4 Å². The molecule has 0 aliphatic rings. The van der Waals surface area contributed by atoms with Gasteiger partial charge in [-0.1, -0.05) is 39.9 Å². The van der Waals surface area contributed by atoms with Gasteiger partial charge < -0.3 is 9.47 Å². The van der Waals surface area contributed by atoms with Gasteiger partial charge in [-0.15, -0.1) is 0 Å². The minimum atomic E-state index is -1.84. The quantitative estimate of drug-likeness (QED) is 0.153. The topological polar surface area (TPSA) is 91.1 Å². The number of hydrogen-bond acceptors (Lipinski definition) is 4. The lowest BCUT2D eigenvalue weighted by atomic mass is 10.7. The van der Waals surface area contributed by atoms with Gasteiger partial charge in [-0.05, 0) is 5.53 Å². The second-order valence-electron chi connectivity index (χ2n) is 2.24. The summed E-state index contributed by atoms with van der Waals surface area (Å²) in [7, 11) is 0. The molecule has 1 N–H and O–H groups in total. The van der Waals surface area contributed by atoms with Crippen molar-refractivity contribution in [3.63, 3.8) is 0 Å². The zero-order valence-electron chi connectivity index (χ0n) is 7.62. The van der Waals surface area contributed by atoms with Crippen molar-refractivity contribution in [2.45, 2.75) is 3.79 Å². The summed E-state index contributed by atoms with van der Waals surface area (Å²) in [6, 6.07) is 0. The molecule has 0 heterocycles. The van der Waals surface area contributed by atoms with Gasteiger partial charge in [-0.25, -0.2) is 0 Å². The molecule has 0 saturated heterocycles. The first kappa shape index (κ1) is 14.6. The molecule has 9 heteroatoms. The number of halogens is 3. The van der Waals surface area contributed by atoms with E-state index in [-0.39, 0.29) is 26.4 Å². The van der Waals surface area contributed by atoms with Crippen molar-refractivity contribution in [1.29, 1.82) is 5.41 Å². The van der Waals surface area contributed by atoms with Crippen LogP contribution in [0.15, 0.2) is 5.11 Å². The Morgan fingerprint density at radius 3 is 2.53 bits per heavy atom. The highest BCUT2D eigenvalue weighted by Gasteiger charge is 2.28. The van der Waals surface area contributed by atoms with Crippen molar-refractivity contribution in [1.82, 2.24) is 0 Å². The van der Waals surface area contributed by atoms with Crippen molar-refractivity contribution >= 4 is 40.7 Å². The molecule has 0 aliphatic carbocycles. The van der Waals surface area contributed by atoms with E-state index in [0.717, 1.165) is 0 Å². The van der Waals surface area contributed by atoms with Gasteiger partial charge >= 0.3 is 0 Å². The maximum absolute atomic E-state index is 7.94. The van der Waals surface area contributed by atoms with Crippen LogP contribution in [0.3, 0.4) is 0 Å². The number of ether oxygens (including phenoxy) is 2. The third-order valence-corrected chi connectivity index (χ3v) is 1.65. The number of azide groups is 1. The zero-order chi connectivity index (χ0) is 11.7. The van der Waals surface area contributed by atoms with Crippen molar-refractivity contribution in [3.8, 4) is 0 Å². The van der Waals surface area contributed by atoms with Crippen LogP contribution in [0.1, 0.15) is 0 Å². The Kier molecular flexibility index (Phi) is 7.64. The van der Waals surface area contributed by atoms with Gasteiger partial charge in [0, 0.05) is 11.5 Å². The predicted octanol–water partition coefficient (Wildman–Crippen LogP) is 2.68. The fraction of sp³-hybridized carbons (Fsp3) is 0.833. The van der Waals surface area contributed by atoms with Crippen LogP contribution in [0.5, 0.6) is 0 Å². The zero-order valence-corrected chi connectivity index (χ0v) is 9.89. The SMILES string of the molecule is [N-]=[N+]=NCCOCCOC(=N)C(Cl)(Cl)Cl. The molecule has 86 valence electrons. The molecular formula is C6H9Cl3N4O2. The lowest BCUT2D eigenvalue weighted by molar-refractivity contribution is 0.101. The normalized spacial score (nSPS) is 10.6. The molecule has 0 rings (SSSR count). The number of hydrogen-bond donors (Lipinski definition) is 1. The van der Waals surface area contributed by atoms with Crippen LogP contribution in [-0.4, -0.2) is 36.1 Å². The Morgan fingerprint density at radius 2 is 2.00 bits per heavy atom. The van der Waals surface area contributed by atoms with Gasteiger partial charge in [-0.3, -0.25) is 5.41 Å². The lowest BCUT2D eigenvalue weighted by Gasteiger charge is -2.13. The molecule has 0 amide bonds. The maximum atomic E-state index is 7.94. The van der Waals surface area contributed by atoms with Gasteiger partial charge in [-0.2, -0.15) is 0 Å². The van der Waals surface area contributed by atoms with E-state index >= 15 is 0 Å². The van der Waals surface area contributed by atoms with Crippen LogP contribution < -0.4 is 0 Å².